The maximum atomic E-state index is 6.41. The molecule has 0 aromatic heterocycles. The van der Waals surface area contributed by atoms with Crippen LogP contribution in [0.25, 0.3) is 0 Å². The molecule has 11 heavy (non-hydrogen) atoms. The Hall–Kier alpha value is -1.12. The zero-order valence-electron chi connectivity index (χ0n) is 5.90. The van der Waals surface area contributed by atoms with Crippen molar-refractivity contribution in [1.82, 2.24) is 4.91 Å². The largest absolute Gasteiger partial charge is 0.215 e. The fourth-order valence-electron chi connectivity index (χ4n) is 0.649. The van der Waals surface area contributed by atoms with E-state index in [1.807, 2.05) is 30.3 Å². The summed E-state index contributed by atoms with van der Waals surface area (Å²) in [6.07, 6.45) is 0. The lowest BCUT2D eigenvalue weighted by molar-refractivity contribution is 0.945. The van der Waals surface area contributed by atoms with E-state index in [0.29, 0.717) is 5.88 Å². The molecule has 0 aliphatic carbocycles. The average Bonchev–Trinajstić information content (AvgIpc) is 2.07. The van der Waals surface area contributed by atoms with Gasteiger partial charge in [-0.3, -0.25) is 0 Å². The Morgan fingerprint density at radius 1 is 1.36 bits per heavy atom. The third-order valence-corrected chi connectivity index (χ3v) is 1.95. The van der Waals surface area contributed by atoms with Crippen molar-refractivity contribution in [3.63, 3.8) is 0 Å². The van der Waals surface area contributed by atoms with Crippen LogP contribution in [0, 0.1) is 5.53 Å². The summed E-state index contributed by atoms with van der Waals surface area (Å²) in [7, 11) is 0. The van der Waals surface area contributed by atoms with Crippen molar-refractivity contribution in [3.8, 4) is 0 Å². The molecule has 56 valence electrons. The van der Waals surface area contributed by atoms with Gasteiger partial charge in [0.05, 0.1) is 0 Å². The van der Waals surface area contributed by atoms with E-state index in [1.165, 1.54) is 0 Å². The third kappa shape index (κ3) is 2.98. The summed E-state index contributed by atoms with van der Waals surface area (Å²) in [5, 5.41) is 3.52. The first-order valence-electron chi connectivity index (χ1n) is 3.14. The van der Waals surface area contributed by atoms with Crippen molar-refractivity contribution in [1.29, 1.82) is 5.53 Å². The molecule has 0 bridgehead atoms. The summed E-state index contributed by atoms with van der Waals surface area (Å²) in [5.41, 5.74) is 6.41. The third-order valence-electron chi connectivity index (χ3n) is 1.10. The number of hydrogen-bond acceptors (Lipinski definition) is 3. The minimum absolute atomic E-state index is 0.521. The molecule has 0 aliphatic rings. The molecule has 3 nitrogen and oxygen atoms in total. The molecule has 4 heteroatoms. The van der Waals surface area contributed by atoms with E-state index in [2.05, 4.69) is 10.0 Å². The van der Waals surface area contributed by atoms with Crippen LogP contribution in [0.4, 0.5) is 0 Å². The predicted octanol–water partition coefficient (Wildman–Crippen LogP) is 2.29. The predicted molar refractivity (Wildman–Crippen MR) is 44.4 cm³/mol. The molecule has 0 unspecified atom stereocenters. The molecular formula is C7H8N3S+. The second kappa shape index (κ2) is 4.66. The first-order valence-corrected chi connectivity index (χ1v) is 4.13. The van der Waals surface area contributed by atoms with E-state index in [-0.39, 0.29) is 0 Å². The first kappa shape index (κ1) is 7.98. The van der Waals surface area contributed by atoms with Gasteiger partial charge in [-0.25, -0.2) is 0 Å². The zero-order valence-corrected chi connectivity index (χ0v) is 6.71. The molecule has 0 fully saturated rings. The van der Waals surface area contributed by atoms with E-state index in [1.54, 1.807) is 11.8 Å². The van der Waals surface area contributed by atoms with Gasteiger partial charge in [0.15, 0.2) is 5.88 Å². The smallest absolute Gasteiger partial charge is 0.0948 e. The van der Waals surface area contributed by atoms with Crippen LogP contribution in [0.2, 0.25) is 0 Å². The Morgan fingerprint density at radius 2 is 2.09 bits per heavy atom. The molecule has 1 aromatic carbocycles. The van der Waals surface area contributed by atoms with E-state index >= 15 is 0 Å². The number of benzene rings is 1. The standard InChI is InChI=1S/C7H8N3S/c8-10-9-6-11-7-4-2-1-3-5-7/h1-5,8H,6H2/q+1. The molecule has 0 radical (unpaired) electrons. The summed E-state index contributed by atoms with van der Waals surface area (Å²) in [5.74, 6) is 0.521. The Labute approximate surface area is 69.1 Å². The number of hydrogen-bond donors (Lipinski definition) is 1. The molecule has 0 saturated carbocycles. The Kier molecular flexibility index (Phi) is 3.38. The average molecular weight is 166 g/mol. The van der Waals surface area contributed by atoms with Crippen LogP contribution in [-0.4, -0.2) is 5.88 Å². The van der Waals surface area contributed by atoms with Gasteiger partial charge in [-0.2, -0.15) is 0 Å². The molecule has 0 atom stereocenters. The van der Waals surface area contributed by atoms with Gasteiger partial charge in [-0.05, 0) is 12.1 Å². The summed E-state index contributed by atoms with van der Waals surface area (Å²) in [6.45, 7) is 0. The fraction of sp³-hybridized carbons (Fsp3) is 0.143. The number of nitrogens with zero attached hydrogens (tertiary/aromatic N) is 2. The lowest BCUT2D eigenvalue weighted by Crippen LogP contribution is -1.72. The van der Waals surface area contributed by atoms with Gasteiger partial charge in [-0.15, -0.1) is 0 Å². The van der Waals surface area contributed by atoms with Crippen LogP contribution in [-0.2, 0) is 0 Å². The molecule has 0 heterocycles. The molecule has 1 N–H and O–H groups in total. The van der Waals surface area contributed by atoms with Crippen molar-refractivity contribution in [2.75, 3.05) is 5.88 Å². The minimum atomic E-state index is 0.521. The van der Waals surface area contributed by atoms with Crippen LogP contribution in [0.1, 0.15) is 0 Å². The molecule has 0 spiro atoms. The van der Waals surface area contributed by atoms with Crippen LogP contribution in [0.5, 0.6) is 0 Å². The summed E-state index contributed by atoms with van der Waals surface area (Å²) >= 11 is 1.56. The fourth-order valence-corrected chi connectivity index (χ4v) is 1.26. The van der Waals surface area contributed by atoms with Crippen molar-refractivity contribution < 1.29 is 0 Å². The van der Waals surface area contributed by atoms with E-state index in [4.69, 9.17) is 5.53 Å². The van der Waals surface area contributed by atoms with Crippen molar-refractivity contribution in [3.05, 3.63) is 30.3 Å². The summed E-state index contributed by atoms with van der Waals surface area (Å²) < 4.78 is 0. The normalized spacial score (nSPS) is 8.73. The Balaban J connectivity index is 2.45. The summed E-state index contributed by atoms with van der Waals surface area (Å²) in [6, 6.07) is 9.92. The van der Waals surface area contributed by atoms with E-state index in [9.17, 15) is 0 Å². The monoisotopic (exact) mass is 166 g/mol. The number of thioether (sulfide) groups is 1. The van der Waals surface area contributed by atoms with E-state index in [0.717, 1.165) is 4.90 Å². The van der Waals surface area contributed by atoms with Gasteiger partial charge in [-0.1, -0.05) is 30.0 Å². The van der Waals surface area contributed by atoms with Gasteiger partial charge < -0.3 is 0 Å². The topological polar surface area (TPSA) is 50.3 Å². The highest BCUT2D eigenvalue weighted by atomic mass is 32.2. The second-order valence-corrected chi connectivity index (χ2v) is 2.85. The van der Waals surface area contributed by atoms with Crippen LogP contribution >= 0.6 is 11.8 Å². The number of nitrogens with one attached hydrogen (secondary N) is 1. The molecule has 0 saturated heterocycles. The molecule has 0 amide bonds. The van der Waals surface area contributed by atoms with Crippen molar-refractivity contribution >= 4 is 11.8 Å². The van der Waals surface area contributed by atoms with Gasteiger partial charge in [0, 0.05) is 4.90 Å². The summed E-state index contributed by atoms with van der Waals surface area (Å²) in [4.78, 5) is 4.06. The van der Waals surface area contributed by atoms with E-state index < -0.39 is 0 Å². The first-order chi connectivity index (χ1) is 5.43. The quantitative estimate of drug-likeness (QED) is 0.418. The number of rotatable bonds is 3. The Bertz CT molecular complexity index is 254. The van der Waals surface area contributed by atoms with Crippen molar-refractivity contribution in [2.24, 2.45) is 5.11 Å². The Morgan fingerprint density at radius 3 is 2.73 bits per heavy atom. The van der Waals surface area contributed by atoms with Crippen LogP contribution < -0.4 is 4.91 Å². The van der Waals surface area contributed by atoms with Gasteiger partial charge in [0.25, 0.3) is 0 Å². The second-order valence-electron chi connectivity index (χ2n) is 1.83. The van der Waals surface area contributed by atoms with Gasteiger partial charge >= 0.3 is 0 Å². The highest BCUT2D eigenvalue weighted by molar-refractivity contribution is 7.99. The molecular weight excluding hydrogens is 158 g/mol. The zero-order chi connectivity index (χ0) is 7.94. The maximum Gasteiger partial charge on any atom is 0.215 e. The minimum Gasteiger partial charge on any atom is -0.0948 e. The van der Waals surface area contributed by atoms with Gasteiger partial charge in [0.2, 0.25) is 4.91 Å². The SMILES string of the molecule is N=[N+]=NCSc1ccccc1. The van der Waals surface area contributed by atoms with Crippen LogP contribution in [0.15, 0.2) is 40.3 Å². The molecule has 0 aliphatic heterocycles. The van der Waals surface area contributed by atoms with Gasteiger partial charge in [0.1, 0.15) is 10.6 Å². The molecule has 1 aromatic rings. The highest BCUT2D eigenvalue weighted by Crippen LogP contribution is 2.15. The molecule has 1 rings (SSSR count). The highest BCUT2D eigenvalue weighted by Gasteiger charge is 1.91. The lowest BCUT2D eigenvalue weighted by Gasteiger charge is -1.91. The van der Waals surface area contributed by atoms with Crippen LogP contribution in [0.3, 0.4) is 0 Å². The van der Waals surface area contributed by atoms with Crippen molar-refractivity contribution in [2.45, 2.75) is 4.90 Å². The lowest BCUT2D eigenvalue weighted by atomic mass is 10.4. The maximum absolute atomic E-state index is 6.41.